The van der Waals surface area contributed by atoms with Gasteiger partial charge < -0.3 is 4.90 Å². The van der Waals surface area contributed by atoms with Crippen LogP contribution in [0.3, 0.4) is 0 Å². The van der Waals surface area contributed by atoms with E-state index in [1.54, 1.807) is 17.0 Å². The lowest BCUT2D eigenvalue weighted by molar-refractivity contribution is 0.417. The second-order valence-electron chi connectivity index (χ2n) is 5.68. The molecule has 2 aromatic carbocycles. The van der Waals surface area contributed by atoms with E-state index in [4.69, 9.17) is 5.26 Å². The van der Waals surface area contributed by atoms with Gasteiger partial charge in [0.1, 0.15) is 0 Å². The molecular weight excluding hydrogens is 310 g/mol. The van der Waals surface area contributed by atoms with Gasteiger partial charge in [0.2, 0.25) is 10.0 Å². The van der Waals surface area contributed by atoms with Crippen molar-refractivity contribution in [1.82, 2.24) is 9.21 Å². The molecule has 6 heteroatoms. The van der Waals surface area contributed by atoms with Crippen molar-refractivity contribution in [2.45, 2.75) is 18.0 Å². The molecule has 0 spiro atoms. The Morgan fingerprint density at radius 1 is 1.04 bits per heavy atom. The lowest BCUT2D eigenvalue weighted by Crippen LogP contribution is -2.22. The first-order valence-electron chi connectivity index (χ1n) is 7.22. The second-order valence-corrected chi connectivity index (χ2v) is 7.80. The van der Waals surface area contributed by atoms with Crippen molar-refractivity contribution in [1.29, 1.82) is 5.26 Å². The molecule has 5 nitrogen and oxygen atoms in total. The predicted molar refractivity (Wildman–Crippen MR) is 87.6 cm³/mol. The summed E-state index contributed by atoms with van der Waals surface area (Å²) in [6, 6.07) is 12.8. The smallest absolute Gasteiger partial charge is 0.243 e. The van der Waals surface area contributed by atoms with Gasteiger partial charge in [-0.3, -0.25) is 0 Å². The molecule has 2 aromatic rings. The van der Waals surface area contributed by atoms with Gasteiger partial charge in [0.05, 0.1) is 18.0 Å². The summed E-state index contributed by atoms with van der Waals surface area (Å²) < 4.78 is 26.4. The van der Waals surface area contributed by atoms with Gasteiger partial charge in [-0.1, -0.05) is 36.4 Å². The molecule has 0 aliphatic carbocycles. The van der Waals surface area contributed by atoms with Crippen LogP contribution in [0.4, 0.5) is 0 Å². The SMILES string of the molecule is CN(C)S(=O)(=O)c1ccccc1-c1cccc2c1CN(C#N)C2. The Balaban J connectivity index is 2.21. The number of hydrogen-bond acceptors (Lipinski definition) is 4. The first-order valence-corrected chi connectivity index (χ1v) is 8.66. The maximum Gasteiger partial charge on any atom is 0.243 e. The Hall–Kier alpha value is -2.36. The minimum atomic E-state index is -3.54. The highest BCUT2D eigenvalue weighted by Gasteiger charge is 2.26. The van der Waals surface area contributed by atoms with Crippen LogP contribution in [0.25, 0.3) is 11.1 Å². The van der Waals surface area contributed by atoms with Crippen LogP contribution in [-0.2, 0) is 23.1 Å². The number of rotatable bonds is 3. The molecule has 1 heterocycles. The number of hydrogen-bond donors (Lipinski definition) is 0. The maximum atomic E-state index is 12.6. The van der Waals surface area contributed by atoms with Gasteiger partial charge in [0.25, 0.3) is 0 Å². The normalized spacial score (nSPS) is 13.9. The molecule has 0 unspecified atom stereocenters. The van der Waals surface area contributed by atoms with Crippen molar-refractivity contribution < 1.29 is 8.42 Å². The number of fused-ring (bicyclic) bond motifs is 1. The van der Waals surface area contributed by atoms with E-state index >= 15 is 0 Å². The summed E-state index contributed by atoms with van der Waals surface area (Å²) in [6.45, 7) is 1.08. The monoisotopic (exact) mass is 327 g/mol. The number of benzene rings is 2. The molecule has 0 radical (unpaired) electrons. The van der Waals surface area contributed by atoms with Crippen molar-refractivity contribution in [2.75, 3.05) is 14.1 Å². The van der Waals surface area contributed by atoms with E-state index in [-0.39, 0.29) is 4.90 Å². The van der Waals surface area contributed by atoms with Gasteiger partial charge in [0.15, 0.2) is 6.19 Å². The van der Waals surface area contributed by atoms with Crippen molar-refractivity contribution in [3.63, 3.8) is 0 Å². The van der Waals surface area contributed by atoms with Crippen LogP contribution in [0.2, 0.25) is 0 Å². The van der Waals surface area contributed by atoms with Crippen LogP contribution in [0.5, 0.6) is 0 Å². The maximum absolute atomic E-state index is 12.6. The highest BCUT2D eigenvalue weighted by Crippen LogP contribution is 2.36. The average Bonchev–Trinajstić information content (AvgIpc) is 2.97. The molecular formula is C17H17N3O2S. The van der Waals surface area contributed by atoms with Crippen LogP contribution in [-0.4, -0.2) is 31.7 Å². The molecule has 0 fully saturated rings. The van der Waals surface area contributed by atoms with E-state index in [2.05, 4.69) is 6.19 Å². The zero-order valence-corrected chi connectivity index (χ0v) is 13.8. The van der Waals surface area contributed by atoms with Crippen molar-refractivity contribution >= 4 is 10.0 Å². The molecule has 1 aliphatic rings. The van der Waals surface area contributed by atoms with Crippen molar-refractivity contribution in [3.05, 3.63) is 53.6 Å². The summed E-state index contributed by atoms with van der Waals surface area (Å²) in [5.41, 5.74) is 3.65. The van der Waals surface area contributed by atoms with Gasteiger partial charge in [0, 0.05) is 19.7 Å². The fraction of sp³-hybridized carbons (Fsp3) is 0.235. The molecule has 118 valence electrons. The average molecular weight is 327 g/mol. The minimum Gasteiger partial charge on any atom is -0.302 e. The van der Waals surface area contributed by atoms with Crippen LogP contribution >= 0.6 is 0 Å². The van der Waals surface area contributed by atoms with Gasteiger partial charge in [-0.05, 0) is 22.8 Å². The number of nitriles is 1. The quantitative estimate of drug-likeness (QED) is 0.812. The lowest BCUT2D eigenvalue weighted by atomic mass is 9.97. The van der Waals surface area contributed by atoms with E-state index in [0.717, 1.165) is 16.7 Å². The van der Waals surface area contributed by atoms with Crippen LogP contribution < -0.4 is 0 Å². The van der Waals surface area contributed by atoms with Crippen molar-refractivity contribution in [2.24, 2.45) is 0 Å². The first kappa shape index (κ1) is 15.5. The Kier molecular flexibility index (Phi) is 3.84. The van der Waals surface area contributed by atoms with E-state index in [1.807, 2.05) is 30.3 Å². The van der Waals surface area contributed by atoms with Crippen molar-refractivity contribution in [3.8, 4) is 17.3 Å². The summed E-state index contributed by atoms with van der Waals surface area (Å²) in [5.74, 6) is 0. The zero-order chi connectivity index (χ0) is 16.6. The van der Waals surface area contributed by atoms with E-state index in [0.29, 0.717) is 18.7 Å². The molecule has 0 saturated carbocycles. The van der Waals surface area contributed by atoms with Gasteiger partial charge in [-0.2, -0.15) is 5.26 Å². The Bertz CT molecular complexity index is 898. The van der Waals surface area contributed by atoms with E-state index in [9.17, 15) is 8.42 Å². The summed E-state index contributed by atoms with van der Waals surface area (Å²) in [5, 5.41) is 9.13. The molecule has 0 amide bonds. The Labute approximate surface area is 136 Å². The highest BCUT2D eigenvalue weighted by atomic mass is 32.2. The molecule has 0 aromatic heterocycles. The zero-order valence-electron chi connectivity index (χ0n) is 13.0. The highest BCUT2D eigenvalue weighted by molar-refractivity contribution is 7.89. The summed E-state index contributed by atoms with van der Waals surface area (Å²) >= 11 is 0. The fourth-order valence-electron chi connectivity index (χ4n) is 2.86. The second kappa shape index (κ2) is 5.69. The summed E-state index contributed by atoms with van der Waals surface area (Å²) in [6.07, 6.45) is 2.16. The molecule has 0 bridgehead atoms. The minimum absolute atomic E-state index is 0.286. The molecule has 23 heavy (non-hydrogen) atoms. The predicted octanol–water partition coefficient (Wildman–Crippen LogP) is 2.40. The lowest BCUT2D eigenvalue weighted by Gasteiger charge is -2.17. The molecule has 0 atom stereocenters. The van der Waals surface area contributed by atoms with Crippen LogP contribution in [0.15, 0.2) is 47.4 Å². The van der Waals surface area contributed by atoms with Gasteiger partial charge in [-0.15, -0.1) is 0 Å². The largest absolute Gasteiger partial charge is 0.302 e. The molecule has 0 saturated heterocycles. The standard InChI is InChI=1S/C17H17N3O2S/c1-19(2)23(21,22)17-9-4-3-7-15(17)14-8-5-6-13-10-20(12-18)11-16(13)14/h3-9H,10-11H2,1-2H3. The van der Waals surface area contributed by atoms with Crippen LogP contribution in [0.1, 0.15) is 11.1 Å². The first-order chi connectivity index (χ1) is 10.9. The van der Waals surface area contributed by atoms with Crippen LogP contribution in [0, 0.1) is 11.5 Å². The molecule has 3 rings (SSSR count). The van der Waals surface area contributed by atoms with Gasteiger partial charge in [-0.25, -0.2) is 12.7 Å². The topological polar surface area (TPSA) is 64.4 Å². The van der Waals surface area contributed by atoms with E-state index < -0.39 is 10.0 Å². The third-order valence-corrected chi connectivity index (χ3v) is 5.93. The Morgan fingerprint density at radius 2 is 1.74 bits per heavy atom. The summed E-state index contributed by atoms with van der Waals surface area (Å²) in [7, 11) is -0.484. The van der Waals surface area contributed by atoms with Gasteiger partial charge >= 0.3 is 0 Å². The number of sulfonamides is 1. The third kappa shape index (κ3) is 2.58. The number of nitrogens with zero attached hydrogens (tertiary/aromatic N) is 3. The fourth-order valence-corrected chi connectivity index (χ4v) is 3.96. The Morgan fingerprint density at radius 3 is 2.43 bits per heavy atom. The molecule has 1 aliphatic heterocycles. The third-order valence-electron chi connectivity index (χ3n) is 4.06. The molecule has 0 N–H and O–H groups in total. The van der Waals surface area contributed by atoms with E-state index in [1.165, 1.54) is 18.4 Å². The summed E-state index contributed by atoms with van der Waals surface area (Å²) in [4.78, 5) is 1.95.